The number of amides is 2. The molecule has 1 unspecified atom stereocenters. The van der Waals surface area contributed by atoms with E-state index in [0.29, 0.717) is 6.42 Å². The molecule has 4 heteroatoms. The van der Waals surface area contributed by atoms with E-state index in [0.717, 1.165) is 11.3 Å². The third kappa shape index (κ3) is 3.59. The molecule has 1 rings (SSSR count). The molecule has 1 aliphatic rings. The van der Waals surface area contributed by atoms with Crippen LogP contribution in [0.4, 0.5) is 0 Å². The molecule has 0 spiro atoms. The van der Waals surface area contributed by atoms with E-state index in [4.69, 9.17) is 0 Å². The van der Waals surface area contributed by atoms with E-state index in [9.17, 15) is 9.59 Å². The summed E-state index contributed by atoms with van der Waals surface area (Å²) in [7, 11) is 1.61. The predicted molar refractivity (Wildman–Crippen MR) is 67.0 cm³/mol. The van der Waals surface area contributed by atoms with Gasteiger partial charge in [0.15, 0.2) is 0 Å². The molecule has 2 N–H and O–H groups in total. The van der Waals surface area contributed by atoms with Crippen molar-refractivity contribution in [3.63, 3.8) is 0 Å². The number of rotatable bonds is 3. The summed E-state index contributed by atoms with van der Waals surface area (Å²) in [6.45, 7) is 3.70. The van der Waals surface area contributed by atoms with Gasteiger partial charge in [0, 0.05) is 19.2 Å². The minimum absolute atomic E-state index is 0.0317. The van der Waals surface area contributed by atoms with Gasteiger partial charge in [0.2, 0.25) is 11.8 Å². The second kappa shape index (κ2) is 6.03. The van der Waals surface area contributed by atoms with Crippen LogP contribution in [0.1, 0.15) is 20.3 Å². The molecule has 0 aliphatic heterocycles. The Bertz CT molecular complexity index is 406. The minimum Gasteiger partial charge on any atom is -0.358 e. The van der Waals surface area contributed by atoms with Gasteiger partial charge in [-0.3, -0.25) is 9.59 Å². The molecular weight excluding hydrogens is 216 g/mol. The van der Waals surface area contributed by atoms with E-state index in [1.54, 1.807) is 26.1 Å². The lowest BCUT2D eigenvalue weighted by Crippen LogP contribution is -2.24. The molecule has 0 saturated heterocycles. The number of carbonyl (C=O) groups is 2. The number of hydrogen-bond donors (Lipinski definition) is 2. The van der Waals surface area contributed by atoms with Crippen molar-refractivity contribution >= 4 is 11.8 Å². The number of allylic oxidation sites excluding steroid dienone is 3. The average molecular weight is 234 g/mol. The highest BCUT2D eigenvalue weighted by Crippen LogP contribution is 2.14. The Hall–Kier alpha value is -1.84. The molecule has 92 valence electrons. The summed E-state index contributed by atoms with van der Waals surface area (Å²) >= 11 is 0. The van der Waals surface area contributed by atoms with Crippen molar-refractivity contribution in [3.05, 3.63) is 35.6 Å². The van der Waals surface area contributed by atoms with E-state index < -0.39 is 0 Å². The van der Waals surface area contributed by atoms with Crippen LogP contribution in [-0.4, -0.2) is 18.9 Å². The fourth-order valence-electron chi connectivity index (χ4n) is 1.45. The summed E-state index contributed by atoms with van der Waals surface area (Å²) in [5.74, 6) is -0.380. The van der Waals surface area contributed by atoms with Crippen molar-refractivity contribution in [1.29, 1.82) is 0 Å². The highest BCUT2D eigenvalue weighted by molar-refractivity contribution is 5.83. The number of carbonyl (C=O) groups excluding carboxylic acids is 2. The molecule has 0 aromatic carbocycles. The van der Waals surface area contributed by atoms with E-state index in [-0.39, 0.29) is 17.7 Å². The fraction of sp³-hybridized carbons (Fsp3) is 0.385. The molecular formula is C13H18N2O2. The second-order valence-electron chi connectivity index (χ2n) is 3.86. The largest absolute Gasteiger partial charge is 0.358 e. The first kappa shape index (κ1) is 13.2. The van der Waals surface area contributed by atoms with Crippen LogP contribution in [0.25, 0.3) is 0 Å². The lowest BCUT2D eigenvalue weighted by Gasteiger charge is -2.06. The van der Waals surface area contributed by atoms with E-state index in [2.05, 4.69) is 10.6 Å². The highest BCUT2D eigenvalue weighted by atomic mass is 16.2. The molecule has 4 nitrogen and oxygen atoms in total. The van der Waals surface area contributed by atoms with Crippen LogP contribution in [0.15, 0.2) is 35.6 Å². The third-order valence-corrected chi connectivity index (χ3v) is 2.59. The zero-order valence-electron chi connectivity index (χ0n) is 10.4. The van der Waals surface area contributed by atoms with Gasteiger partial charge in [-0.1, -0.05) is 25.2 Å². The van der Waals surface area contributed by atoms with E-state index in [1.807, 2.05) is 19.1 Å². The monoisotopic (exact) mass is 234 g/mol. The Labute approximate surface area is 101 Å². The molecule has 0 bridgehead atoms. The first-order valence-electron chi connectivity index (χ1n) is 5.67. The molecule has 0 aromatic rings. The van der Waals surface area contributed by atoms with Gasteiger partial charge in [0.1, 0.15) is 0 Å². The van der Waals surface area contributed by atoms with Gasteiger partial charge in [-0.05, 0) is 18.6 Å². The van der Waals surface area contributed by atoms with Crippen molar-refractivity contribution in [2.75, 3.05) is 7.05 Å². The van der Waals surface area contributed by atoms with Crippen LogP contribution in [0.2, 0.25) is 0 Å². The van der Waals surface area contributed by atoms with Crippen LogP contribution in [-0.2, 0) is 9.59 Å². The lowest BCUT2D eigenvalue weighted by atomic mass is 10.1. The van der Waals surface area contributed by atoms with Crippen molar-refractivity contribution < 1.29 is 9.59 Å². The van der Waals surface area contributed by atoms with Gasteiger partial charge in [-0.15, -0.1) is 0 Å². The predicted octanol–water partition coefficient (Wildman–Crippen LogP) is 1.27. The molecule has 1 atom stereocenters. The Kier molecular flexibility index (Phi) is 4.69. The van der Waals surface area contributed by atoms with Crippen molar-refractivity contribution in [2.45, 2.75) is 20.3 Å². The van der Waals surface area contributed by atoms with E-state index in [1.165, 1.54) is 0 Å². The van der Waals surface area contributed by atoms with Gasteiger partial charge >= 0.3 is 0 Å². The molecule has 17 heavy (non-hydrogen) atoms. The third-order valence-electron chi connectivity index (χ3n) is 2.59. The summed E-state index contributed by atoms with van der Waals surface area (Å²) in [6.07, 6.45) is 7.66. The van der Waals surface area contributed by atoms with Gasteiger partial charge in [0.25, 0.3) is 0 Å². The summed E-state index contributed by atoms with van der Waals surface area (Å²) < 4.78 is 0. The molecule has 0 saturated carbocycles. The van der Waals surface area contributed by atoms with Gasteiger partial charge in [-0.2, -0.15) is 0 Å². The maximum atomic E-state index is 11.5. The summed E-state index contributed by atoms with van der Waals surface area (Å²) in [6, 6.07) is 0. The Morgan fingerprint density at radius 3 is 2.53 bits per heavy atom. The Balaban J connectivity index is 2.84. The van der Waals surface area contributed by atoms with Gasteiger partial charge < -0.3 is 10.6 Å². The molecule has 0 radical (unpaired) electrons. The maximum absolute atomic E-state index is 11.5. The second-order valence-corrected chi connectivity index (χ2v) is 3.86. The molecule has 0 heterocycles. The zero-order valence-corrected chi connectivity index (χ0v) is 10.4. The van der Waals surface area contributed by atoms with Crippen LogP contribution < -0.4 is 10.6 Å². The Morgan fingerprint density at radius 2 is 1.94 bits per heavy atom. The molecule has 0 aromatic heterocycles. The lowest BCUT2D eigenvalue weighted by molar-refractivity contribution is -0.122. The first-order chi connectivity index (χ1) is 8.08. The van der Waals surface area contributed by atoms with Crippen LogP contribution >= 0.6 is 0 Å². The SMILES string of the molecule is CCC(=O)NC1=C(C)C=CC(C(=O)NC)C=C1. The van der Waals surface area contributed by atoms with Crippen LogP contribution in [0, 0.1) is 5.92 Å². The molecule has 2 amide bonds. The highest BCUT2D eigenvalue weighted by Gasteiger charge is 2.13. The van der Waals surface area contributed by atoms with Crippen molar-refractivity contribution in [1.82, 2.24) is 10.6 Å². The number of nitrogens with one attached hydrogen (secondary N) is 2. The standard InChI is InChI=1S/C13H18N2O2/c1-4-12(16)15-11-8-7-10(13(17)14-3)6-5-9(11)2/h5-8,10H,4H2,1-3H3,(H,14,17)(H,15,16). The maximum Gasteiger partial charge on any atom is 0.230 e. The molecule has 0 fully saturated rings. The van der Waals surface area contributed by atoms with Crippen LogP contribution in [0.3, 0.4) is 0 Å². The normalized spacial score (nSPS) is 18.9. The summed E-state index contributed by atoms with van der Waals surface area (Å²) in [5.41, 5.74) is 1.69. The fourth-order valence-corrected chi connectivity index (χ4v) is 1.45. The average Bonchev–Trinajstić information content (AvgIpc) is 2.52. The number of hydrogen-bond acceptors (Lipinski definition) is 2. The van der Waals surface area contributed by atoms with Gasteiger partial charge in [0.05, 0.1) is 5.92 Å². The Morgan fingerprint density at radius 1 is 1.29 bits per heavy atom. The van der Waals surface area contributed by atoms with Crippen molar-refractivity contribution in [3.8, 4) is 0 Å². The summed E-state index contributed by atoms with van der Waals surface area (Å²) in [4.78, 5) is 22.8. The quantitative estimate of drug-likeness (QED) is 0.772. The van der Waals surface area contributed by atoms with E-state index >= 15 is 0 Å². The summed E-state index contributed by atoms with van der Waals surface area (Å²) in [5, 5.41) is 5.40. The smallest absolute Gasteiger partial charge is 0.230 e. The first-order valence-corrected chi connectivity index (χ1v) is 5.67. The minimum atomic E-state index is -0.286. The van der Waals surface area contributed by atoms with Crippen LogP contribution in [0.5, 0.6) is 0 Å². The topological polar surface area (TPSA) is 58.2 Å². The molecule has 1 aliphatic carbocycles. The van der Waals surface area contributed by atoms with Gasteiger partial charge in [-0.25, -0.2) is 0 Å². The van der Waals surface area contributed by atoms with Crippen molar-refractivity contribution in [2.24, 2.45) is 5.92 Å². The zero-order chi connectivity index (χ0) is 12.8.